The lowest BCUT2D eigenvalue weighted by atomic mass is 10.1. The molecule has 0 bridgehead atoms. The number of rotatable bonds is 14. The van der Waals surface area contributed by atoms with E-state index in [9.17, 15) is 14.4 Å². The minimum absolute atomic E-state index is 0.277. The monoisotopic (exact) mass is 681 g/mol. The Labute approximate surface area is 287 Å². The lowest BCUT2D eigenvalue weighted by molar-refractivity contribution is -0.0661. The van der Waals surface area contributed by atoms with E-state index < -0.39 is 42.4 Å². The second-order valence-electron chi connectivity index (χ2n) is 11.3. The lowest BCUT2D eigenvalue weighted by Gasteiger charge is -2.24. The summed E-state index contributed by atoms with van der Waals surface area (Å²) in [5.41, 5.74) is 1.62. The number of carbonyl (C=O) groups excluding carboxylic acids is 3. The molecule has 1 aliphatic rings. The SMILES string of the molecule is CCCCCCSc1ncc2nnn([C@@H]3O[C@H](COC(=O)c4ccccc4)[C@@H](OC(=O)c4ccccc4)[C@H]3OC(=O)c3ccccc3)c2n1. The summed E-state index contributed by atoms with van der Waals surface area (Å²) < 4.78 is 25.5. The highest BCUT2D eigenvalue weighted by atomic mass is 32.2. The van der Waals surface area contributed by atoms with Gasteiger partial charge in [0.25, 0.3) is 0 Å². The van der Waals surface area contributed by atoms with Crippen LogP contribution < -0.4 is 0 Å². The number of carbonyl (C=O) groups is 3. The van der Waals surface area contributed by atoms with Gasteiger partial charge in [0.2, 0.25) is 0 Å². The van der Waals surface area contributed by atoms with E-state index in [0.29, 0.717) is 21.9 Å². The molecular formula is C36H35N5O7S. The highest BCUT2D eigenvalue weighted by molar-refractivity contribution is 7.99. The van der Waals surface area contributed by atoms with Gasteiger partial charge in [-0.25, -0.2) is 24.4 Å². The molecule has 1 aliphatic heterocycles. The van der Waals surface area contributed by atoms with E-state index in [2.05, 4.69) is 22.2 Å². The zero-order valence-electron chi connectivity index (χ0n) is 26.8. The van der Waals surface area contributed by atoms with Gasteiger partial charge in [-0.15, -0.1) is 5.10 Å². The Morgan fingerprint density at radius 2 is 1.37 bits per heavy atom. The molecule has 0 spiro atoms. The van der Waals surface area contributed by atoms with Crippen molar-refractivity contribution in [1.29, 1.82) is 0 Å². The smallest absolute Gasteiger partial charge is 0.338 e. The Bertz CT molecular complexity index is 1860. The van der Waals surface area contributed by atoms with Gasteiger partial charge in [-0.2, -0.15) is 4.68 Å². The summed E-state index contributed by atoms with van der Waals surface area (Å²) in [6, 6.07) is 25.3. The first-order valence-corrected chi connectivity index (χ1v) is 17.1. The topological polar surface area (TPSA) is 145 Å². The van der Waals surface area contributed by atoms with Crippen molar-refractivity contribution in [2.75, 3.05) is 12.4 Å². The largest absolute Gasteiger partial charge is 0.459 e. The van der Waals surface area contributed by atoms with E-state index >= 15 is 0 Å². The van der Waals surface area contributed by atoms with Crippen LogP contribution in [0.15, 0.2) is 102 Å². The number of aromatic nitrogens is 5. The second-order valence-corrected chi connectivity index (χ2v) is 12.4. The molecule has 49 heavy (non-hydrogen) atoms. The third-order valence-electron chi connectivity index (χ3n) is 7.84. The molecular weight excluding hydrogens is 646 g/mol. The number of esters is 3. The zero-order chi connectivity index (χ0) is 34.0. The van der Waals surface area contributed by atoms with E-state index in [4.69, 9.17) is 23.9 Å². The van der Waals surface area contributed by atoms with Gasteiger partial charge in [-0.3, -0.25) is 0 Å². The summed E-state index contributed by atoms with van der Waals surface area (Å²) in [6.07, 6.45) is 1.34. The molecule has 1 fully saturated rings. The zero-order valence-corrected chi connectivity index (χ0v) is 27.6. The van der Waals surface area contributed by atoms with E-state index in [-0.39, 0.29) is 17.7 Å². The number of hydrogen-bond donors (Lipinski definition) is 0. The maximum atomic E-state index is 13.5. The van der Waals surface area contributed by atoms with Crippen molar-refractivity contribution in [3.63, 3.8) is 0 Å². The van der Waals surface area contributed by atoms with Crippen molar-refractivity contribution < 1.29 is 33.3 Å². The van der Waals surface area contributed by atoms with Crippen molar-refractivity contribution >= 4 is 40.8 Å². The molecule has 5 aromatic rings. The molecule has 0 amide bonds. The van der Waals surface area contributed by atoms with E-state index in [0.717, 1.165) is 31.4 Å². The first kappa shape index (κ1) is 33.7. The number of hydrogen-bond acceptors (Lipinski definition) is 12. The molecule has 0 radical (unpaired) electrons. The highest BCUT2D eigenvalue weighted by Gasteiger charge is 2.52. The fourth-order valence-corrected chi connectivity index (χ4v) is 6.13. The van der Waals surface area contributed by atoms with Gasteiger partial charge in [0, 0.05) is 5.75 Å². The Morgan fingerprint density at radius 3 is 1.98 bits per heavy atom. The van der Waals surface area contributed by atoms with E-state index in [1.54, 1.807) is 97.2 Å². The van der Waals surface area contributed by atoms with Crippen LogP contribution in [0.25, 0.3) is 11.2 Å². The first-order chi connectivity index (χ1) is 24.0. The standard InChI is InChI=1S/C36H35N5O7S/c1-2-3-4-14-21-49-36-37-22-27-31(38-36)41(40-39-27)32-30(48-35(44)26-19-12-7-13-20-26)29(47-34(43)25-17-10-6-11-18-25)28(46-32)23-45-33(42)24-15-8-5-9-16-24/h5-13,15-20,22,28-30,32H,2-4,14,21,23H2,1H3/t28-,29-,30-,32-/m1/s1. The Morgan fingerprint density at radius 1 is 0.776 bits per heavy atom. The number of benzene rings is 3. The molecule has 0 saturated carbocycles. The van der Waals surface area contributed by atoms with Crippen LogP contribution in [0.4, 0.5) is 0 Å². The molecule has 252 valence electrons. The van der Waals surface area contributed by atoms with Crippen LogP contribution in [0.1, 0.15) is 69.9 Å². The minimum Gasteiger partial charge on any atom is -0.459 e. The van der Waals surface area contributed by atoms with Gasteiger partial charge in [-0.1, -0.05) is 97.8 Å². The third kappa shape index (κ3) is 8.30. The Balaban J connectivity index is 1.34. The molecule has 6 rings (SSSR count). The number of thioether (sulfide) groups is 1. The van der Waals surface area contributed by atoms with Crippen LogP contribution in [0, 0.1) is 0 Å². The normalized spacial score (nSPS) is 18.6. The molecule has 12 nitrogen and oxygen atoms in total. The quantitative estimate of drug-likeness (QED) is 0.0439. The van der Waals surface area contributed by atoms with Crippen LogP contribution in [0.5, 0.6) is 0 Å². The van der Waals surface area contributed by atoms with Crippen molar-refractivity contribution in [2.45, 2.75) is 62.3 Å². The fraction of sp³-hybridized carbons (Fsp3) is 0.306. The van der Waals surface area contributed by atoms with Gasteiger partial charge in [-0.05, 0) is 42.8 Å². The van der Waals surface area contributed by atoms with Crippen LogP contribution >= 0.6 is 11.8 Å². The van der Waals surface area contributed by atoms with E-state index in [1.807, 2.05) is 0 Å². The summed E-state index contributed by atoms with van der Waals surface area (Å²) in [4.78, 5) is 49.0. The van der Waals surface area contributed by atoms with Crippen LogP contribution in [0.2, 0.25) is 0 Å². The van der Waals surface area contributed by atoms with Gasteiger partial charge in [0.05, 0.1) is 22.9 Å². The summed E-state index contributed by atoms with van der Waals surface area (Å²) in [5.74, 6) is -1.11. The molecule has 0 unspecified atom stereocenters. The highest BCUT2D eigenvalue weighted by Crippen LogP contribution is 2.36. The van der Waals surface area contributed by atoms with Crippen LogP contribution in [-0.2, 0) is 18.9 Å². The summed E-state index contributed by atoms with van der Waals surface area (Å²) in [7, 11) is 0. The first-order valence-electron chi connectivity index (χ1n) is 16.1. The van der Waals surface area contributed by atoms with Gasteiger partial charge in [0.15, 0.2) is 34.8 Å². The predicted molar refractivity (Wildman–Crippen MR) is 180 cm³/mol. The molecule has 2 aromatic heterocycles. The molecule has 13 heteroatoms. The minimum atomic E-state index is -1.24. The Hall–Kier alpha value is -5.14. The molecule has 3 aromatic carbocycles. The number of unbranched alkanes of at least 4 members (excludes halogenated alkanes) is 3. The third-order valence-corrected chi connectivity index (χ3v) is 8.79. The summed E-state index contributed by atoms with van der Waals surface area (Å²) in [6.45, 7) is 1.84. The maximum absolute atomic E-state index is 13.5. The maximum Gasteiger partial charge on any atom is 0.338 e. The number of ether oxygens (including phenoxy) is 4. The average Bonchev–Trinajstić information content (AvgIpc) is 3.71. The second kappa shape index (κ2) is 16.3. The summed E-state index contributed by atoms with van der Waals surface area (Å²) >= 11 is 1.52. The average molecular weight is 682 g/mol. The molecule has 4 atom stereocenters. The van der Waals surface area contributed by atoms with Crippen molar-refractivity contribution in [1.82, 2.24) is 25.0 Å². The Kier molecular flexibility index (Phi) is 11.2. The number of nitrogens with zero attached hydrogens (tertiary/aromatic N) is 5. The number of fused-ring (bicyclic) bond motifs is 1. The molecule has 3 heterocycles. The fourth-order valence-electron chi connectivity index (χ4n) is 5.32. The van der Waals surface area contributed by atoms with Gasteiger partial charge < -0.3 is 18.9 Å². The molecule has 1 saturated heterocycles. The van der Waals surface area contributed by atoms with Crippen LogP contribution in [-0.4, -0.2) is 73.5 Å². The predicted octanol–water partition coefficient (Wildman–Crippen LogP) is 6.10. The summed E-state index contributed by atoms with van der Waals surface area (Å²) in [5, 5.41) is 9.07. The van der Waals surface area contributed by atoms with Crippen molar-refractivity contribution in [3.8, 4) is 0 Å². The van der Waals surface area contributed by atoms with Crippen LogP contribution in [0.3, 0.4) is 0 Å². The molecule has 0 N–H and O–H groups in total. The van der Waals surface area contributed by atoms with Gasteiger partial charge in [0.1, 0.15) is 12.7 Å². The van der Waals surface area contributed by atoms with Crippen molar-refractivity contribution in [2.24, 2.45) is 0 Å². The molecule has 0 aliphatic carbocycles. The van der Waals surface area contributed by atoms with Crippen molar-refractivity contribution in [3.05, 3.63) is 114 Å². The van der Waals surface area contributed by atoms with Gasteiger partial charge >= 0.3 is 17.9 Å². The lowest BCUT2D eigenvalue weighted by Crippen LogP contribution is -2.41. The van der Waals surface area contributed by atoms with E-state index in [1.165, 1.54) is 16.4 Å².